The number of amides is 1. The highest BCUT2D eigenvalue weighted by atomic mass is 19.2. The highest BCUT2D eigenvalue weighted by Crippen LogP contribution is 2.14. The molecule has 0 unspecified atom stereocenters. The van der Waals surface area contributed by atoms with Crippen LogP contribution in [0.25, 0.3) is 0 Å². The van der Waals surface area contributed by atoms with Crippen LogP contribution in [-0.4, -0.2) is 46.6 Å². The number of aliphatic hydroxyl groups is 3. The van der Waals surface area contributed by atoms with Gasteiger partial charge in [-0.15, -0.1) is 0 Å². The summed E-state index contributed by atoms with van der Waals surface area (Å²) in [6.45, 7) is -2.38. The Morgan fingerprint density at radius 1 is 1.05 bits per heavy atom. The third kappa shape index (κ3) is 3.22. The van der Waals surface area contributed by atoms with E-state index in [0.29, 0.717) is 12.1 Å². The highest BCUT2D eigenvalue weighted by Gasteiger charge is 2.30. The van der Waals surface area contributed by atoms with Gasteiger partial charge in [0, 0.05) is 5.56 Å². The fraction of sp³-hybridized carbons (Fsp3) is 0.364. The van der Waals surface area contributed by atoms with Gasteiger partial charge in [0.2, 0.25) is 0 Å². The number of aliphatic hydroxyl groups excluding tert-OH is 3. The number of hydrogen-bond acceptors (Lipinski definition) is 4. The summed E-state index contributed by atoms with van der Waals surface area (Å²) < 4.78 is 38.6. The van der Waals surface area contributed by atoms with Crippen LogP contribution in [0.5, 0.6) is 0 Å². The third-order valence-corrected chi connectivity index (χ3v) is 2.53. The lowest BCUT2D eigenvalue weighted by Crippen LogP contribution is -2.57. The smallest absolute Gasteiger partial charge is 0.252 e. The van der Waals surface area contributed by atoms with Crippen LogP contribution >= 0.6 is 0 Å². The number of hydrogen-bond donors (Lipinski definition) is 4. The van der Waals surface area contributed by atoms with Gasteiger partial charge >= 0.3 is 0 Å². The van der Waals surface area contributed by atoms with Crippen molar-refractivity contribution in [3.63, 3.8) is 0 Å². The molecule has 5 nitrogen and oxygen atoms in total. The summed E-state index contributed by atoms with van der Waals surface area (Å²) in [7, 11) is 0. The van der Waals surface area contributed by atoms with Gasteiger partial charge in [-0.1, -0.05) is 0 Å². The molecule has 0 atom stereocenters. The molecule has 8 heteroatoms. The first-order valence-corrected chi connectivity index (χ1v) is 5.19. The lowest BCUT2D eigenvalue weighted by molar-refractivity contribution is 0.0375. The second-order valence-corrected chi connectivity index (χ2v) is 3.96. The Labute approximate surface area is 106 Å². The van der Waals surface area contributed by atoms with Gasteiger partial charge in [0.05, 0.1) is 19.8 Å². The average molecular weight is 279 g/mol. The van der Waals surface area contributed by atoms with Crippen LogP contribution in [0, 0.1) is 17.5 Å². The zero-order chi connectivity index (χ0) is 14.6. The first kappa shape index (κ1) is 15.4. The zero-order valence-electron chi connectivity index (χ0n) is 9.66. The van der Waals surface area contributed by atoms with Gasteiger partial charge in [-0.05, 0) is 12.1 Å². The molecule has 0 radical (unpaired) electrons. The lowest BCUT2D eigenvalue weighted by Gasteiger charge is -2.28. The standard InChI is InChI=1S/C11H12F3NO4/c12-7-1-6(2-8(13)9(7)14)10(19)15-11(3-16,4-17)5-18/h1-2,16-18H,3-5H2,(H,15,19). The van der Waals surface area contributed by atoms with Crippen molar-refractivity contribution in [2.75, 3.05) is 19.8 Å². The van der Waals surface area contributed by atoms with E-state index in [1.807, 2.05) is 5.32 Å². The summed E-state index contributed by atoms with van der Waals surface area (Å²) in [4.78, 5) is 11.7. The van der Waals surface area contributed by atoms with Crippen LogP contribution in [0.4, 0.5) is 13.2 Å². The van der Waals surface area contributed by atoms with Gasteiger partial charge in [-0.2, -0.15) is 0 Å². The van der Waals surface area contributed by atoms with Crippen molar-refractivity contribution in [3.05, 3.63) is 35.1 Å². The van der Waals surface area contributed by atoms with E-state index >= 15 is 0 Å². The molecule has 0 saturated heterocycles. The number of rotatable bonds is 5. The molecule has 0 heterocycles. The van der Waals surface area contributed by atoms with Gasteiger partial charge in [-0.3, -0.25) is 4.79 Å². The average Bonchev–Trinajstić information content (AvgIpc) is 2.41. The van der Waals surface area contributed by atoms with Crippen LogP contribution in [-0.2, 0) is 0 Å². The zero-order valence-corrected chi connectivity index (χ0v) is 9.66. The summed E-state index contributed by atoms with van der Waals surface area (Å²) in [6.07, 6.45) is 0. The van der Waals surface area contributed by atoms with Gasteiger partial charge in [-0.25, -0.2) is 13.2 Å². The van der Waals surface area contributed by atoms with Crippen molar-refractivity contribution >= 4 is 5.91 Å². The minimum Gasteiger partial charge on any atom is -0.394 e. The molecular weight excluding hydrogens is 267 g/mol. The SMILES string of the molecule is O=C(NC(CO)(CO)CO)c1cc(F)c(F)c(F)c1. The van der Waals surface area contributed by atoms with Crippen LogP contribution in [0.15, 0.2) is 12.1 Å². The second-order valence-electron chi connectivity index (χ2n) is 3.96. The van der Waals surface area contributed by atoms with Crippen LogP contribution < -0.4 is 5.32 Å². The van der Waals surface area contributed by atoms with Crippen molar-refractivity contribution in [1.82, 2.24) is 5.32 Å². The fourth-order valence-corrected chi connectivity index (χ4v) is 1.27. The number of carbonyl (C=O) groups excluding carboxylic acids is 1. The molecule has 4 N–H and O–H groups in total. The maximum atomic E-state index is 12.9. The monoisotopic (exact) mass is 279 g/mol. The van der Waals surface area contributed by atoms with Crippen LogP contribution in [0.2, 0.25) is 0 Å². The largest absolute Gasteiger partial charge is 0.394 e. The number of benzene rings is 1. The van der Waals surface area contributed by atoms with Gasteiger partial charge in [0.15, 0.2) is 17.5 Å². The van der Waals surface area contributed by atoms with Crippen LogP contribution in [0.3, 0.4) is 0 Å². The molecule has 0 aliphatic rings. The predicted molar refractivity (Wildman–Crippen MR) is 57.8 cm³/mol. The topological polar surface area (TPSA) is 89.8 Å². The molecule has 0 aromatic heterocycles. The Hall–Kier alpha value is -1.64. The third-order valence-electron chi connectivity index (χ3n) is 2.53. The van der Waals surface area contributed by atoms with Gasteiger partial charge in [0.1, 0.15) is 5.54 Å². The Kier molecular flexibility index (Phi) is 4.87. The van der Waals surface area contributed by atoms with Crippen molar-refractivity contribution in [1.29, 1.82) is 0 Å². The normalized spacial score (nSPS) is 11.5. The Morgan fingerprint density at radius 3 is 1.84 bits per heavy atom. The molecule has 1 aromatic carbocycles. The molecule has 19 heavy (non-hydrogen) atoms. The number of nitrogens with one attached hydrogen (secondary N) is 1. The summed E-state index contributed by atoms with van der Waals surface area (Å²) in [5.41, 5.74) is -2.28. The van der Waals surface area contributed by atoms with E-state index in [2.05, 4.69) is 0 Å². The Morgan fingerprint density at radius 2 is 1.47 bits per heavy atom. The van der Waals surface area contributed by atoms with Crippen molar-refractivity contribution in [2.24, 2.45) is 0 Å². The molecule has 0 saturated carbocycles. The first-order chi connectivity index (χ1) is 8.89. The highest BCUT2D eigenvalue weighted by molar-refractivity contribution is 5.94. The van der Waals surface area contributed by atoms with E-state index < -0.39 is 54.3 Å². The first-order valence-electron chi connectivity index (χ1n) is 5.19. The van der Waals surface area contributed by atoms with Gasteiger partial charge in [0.25, 0.3) is 5.91 Å². The molecule has 0 aliphatic heterocycles. The van der Waals surface area contributed by atoms with Crippen molar-refractivity contribution in [3.8, 4) is 0 Å². The molecule has 1 rings (SSSR count). The van der Waals surface area contributed by atoms with E-state index in [0.717, 1.165) is 0 Å². The summed E-state index contributed by atoms with van der Waals surface area (Å²) in [5.74, 6) is -5.88. The van der Waals surface area contributed by atoms with E-state index in [9.17, 15) is 18.0 Å². The molecule has 0 spiro atoms. The second kappa shape index (κ2) is 6.00. The van der Waals surface area contributed by atoms with E-state index in [-0.39, 0.29) is 0 Å². The summed E-state index contributed by atoms with van der Waals surface area (Å²) in [6, 6.07) is 0.926. The summed E-state index contributed by atoms with van der Waals surface area (Å²) >= 11 is 0. The molecular formula is C11H12F3NO4. The van der Waals surface area contributed by atoms with Crippen LogP contribution in [0.1, 0.15) is 10.4 Å². The molecule has 0 fully saturated rings. The lowest BCUT2D eigenvalue weighted by atomic mass is 10.0. The summed E-state index contributed by atoms with van der Waals surface area (Å²) in [5, 5.41) is 29.0. The number of carbonyl (C=O) groups is 1. The Bertz CT molecular complexity index is 446. The van der Waals surface area contributed by atoms with Crippen molar-refractivity contribution < 1.29 is 33.3 Å². The molecule has 1 aromatic rings. The molecule has 0 aliphatic carbocycles. The van der Waals surface area contributed by atoms with E-state index in [1.54, 1.807) is 0 Å². The molecule has 0 bridgehead atoms. The molecule has 1 amide bonds. The number of halogens is 3. The Balaban J connectivity index is 3.01. The fourth-order valence-electron chi connectivity index (χ4n) is 1.27. The maximum Gasteiger partial charge on any atom is 0.252 e. The molecule has 106 valence electrons. The van der Waals surface area contributed by atoms with Gasteiger partial charge < -0.3 is 20.6 Å². The maximum absolute atomic E-state index is 12.9. The minimum absolute atomic E-state index is 0.463. The van der Waals surface area contributed by atoms with Crippen molar-refractivity contribution in [2.45, 2.75) is 5.54 Å². The van der Waals surface area contributed by atoms with E-state index in [4.69, 9.17) is 15.3 Å². The van der Waals surface area contributed by atoms with E-state index in [1.165, 1.54) is 0 Å². The predicted octanol–water partition coefficient (Wildman–Crippen LogP) is -0.451. The minimum atomic E-state index is -1.74. The quantitative estimate of drug-likeness (QED) is 0.550.